The van der Waals surface area contributed by atoms with Crippen LogP contribution in [0.15, 0.2) is 35.5 Å². The highest BCUT2D eigenvalue weighted by Crippen LogP contribution is 2.47. The van der Waals surface area contributed by atoms with Crippen molar-refractivity contribution in [2.45, 2.75) is 83.7 Å². The summed E-state index contributed by atoms with van der Waals surface area (Å²) in [5.74, 6) is -0.917. The van der Waals surface area contributed by atoms with Crippen molar-refractivity contribution in [2.75, 3.05) is 0 Å². The monoisotopic (exact) mass is 374 g/mol. The van der Waals surface area contributed by atoms with E-state index < -0.39 is 11.7 Å². The number of allylic oxidation sites excluding steroid dienone is 3. The Morgan fingerprint density at radius 3 is 2.74 bits per heavy atom. The molecule has 5 heteroatoms. The Morgan fingerprint density at radius 1 is 1.30 bits per heavy atom. The van der Waals surface area contributed by atoms with Gasteiger partial charge in [0.25, 0.3) is 0 Å². The molecule has 148 valence electrons. The molecule has 0 radical (unpaired) electrons. The fourth-order valence-corrected chi connectivity index (χ4v) is 4.16. The quantitative estimate of drug-likeness (QED) is 0.300. The van der Waals surface area contributed by atoms with Gasteiger partial charge in [-0.15, -0.1) is 0 Å². The zero-order chi connectivity index (χ0) is 19.8. The Balaban J connectivity index is 1.91. The summed E-state index contributed by atoms with van der Waals surface area (Å²) in [5, 5.41) is 0. The predicted molar refractivity (Wildman–Crippen MR) is 102 cm³/mol. The van der Waals surface area contributed by atoms with Gasteiger partial charge in [-0.3, -0.25) is 4.79 Å². The first-order valence-electron chi connectivity index (χ1n) is 9.78. The molecule has 2 heterocycles. The summed E-state index contributed by atoms with van der Waals surface area (Å²) in [6.07, 6.45) is 7.78. The van der Waals surface area contributed by atoms with E-state index in [0.717, 1.165) is 25.7 Å². The highest BCUT2D eigenvalue weighted by Gasteiger charge is 2.60. The van der Waals surface area contributed by atoms with Crippen LogP contribution in [0, 0.1) is 5.92 Å². The van der Waals surface area contributed by atoms with Crippen LogP contribution < -0.4 is 0 Å². The minimum atomic E-state index is -0.523. The maximum atomic E-state index is 12.1. The van der Waals surface area contributed by atoms with Crippen molar-refractivity contribution in [3.05, 3.63) is 35.5 Å². The molecule has 0 aromatic rings. The summed E-state index contributed by atoms with van der Waals surface area (Å²) in [4.78, 5) is 23.8. The summed E-state index contributed by atoms with van der Waals surface area (Å²) in [5.41, 5.74) is 2.46. The molecule has 0 unspecified atom stereocenters. The minimum Gasteiger partial charge on any atom is -0.459 e. The number of rotatable bonds is 1. The van der Waals surface area contributed by atoms with Crippen molar-refractivity contribution < 1.29 is 23.8 Å². The normalized spacial score (nSPS) is 41.0. The van der Waals surface area contributed by atoms with Crippen molar-refractivity contribution in [3.63, 3.8) is 0 Å². The molecule has 0 spiro atoms. The van der Waals surface area contributed by atoms with E-state index >= 15 is 0 Å². The van der Waals surface area contributed by atoms with Crippen LogP contribution in [0.25, 0.3) is 0 Å². The van der Waals surface area contributed by atoms with Crippen molar-refractivity contribution in [1.82, 2.24) is 0 Å². The standard InChI is InChI=1S/C22H30O5/c1-13-7-6-8-14(2)11-18-17(15(3)21(24)26-18)12-20(25-16(4)23)22(5)19(27-22)10-9-13/h7,11,17-20H,3,6,8-10,12H2,1-2,4-5H3/b13-7+,14-11+/t17-,18-,19+,20+,22-/m0/s1. The number of fused-ring (bicyclic) bond motifs is 2. The molecule has 2 saturated heterocycles. The van der Waals surface area contributed by atoms with Gasteiger partial charge >= 0.3 is 11.9 Å². The Hall–Kier alpha value is -1.88. The number of esters is 2. The molecule has 0 saturated carbocycles. The van der Waals surface area contributed by atoms with E-state index in [1.807, 2.05) is 13.0 Å². The fourth-order valence-electron chi connectivity index (χ4n) is 4.16. The van der Waals surface area contributed by atoms with Gasteiger partial charge in [-0.2, -0.15) is 0 Å². The van der Waals surface area contributed by atoms with E-state index in [0.29, 0.717) is 12.0 Å². The lowest BCUT2D eigenvalue weighted by molar-refractivity contribution is -0.151. The van der Waals surface area contributed by atoms with E-state index in [1.165, 1.54) is 18.1 Å². The Kier molecular flexibility index (Phi) is 5.61. The van der Waals surface area contributed by atoms with E-state index in [1.54, 1.807) is 0 Å². The molecule has 0 N–H and O–H groups in total. The molecule has 2 aliphatic heterocycles. The summed E-state index contributed by atoms with van der Waals surface area (Å²) in [7, 11) is 0. The molecule has 27 heavy (non-hydrogen) atoms. The van der Waals surface area contributed by atoms with Crippen LogP contribution in [-0.2, 0) is 23.8 Å². The van der Waals surface area contributed by atoms with Gasteiger partial charge < -0.3 is 14.2 Å². The lowest BCUT2D eigenvalue weighted by Gasteiger charge is -2.26. The van der Waals surface area contributed by atoms with E-state index in [-0.39, 0.29) is 30.1 Å². The van der Waals surface area contributed by atoms with Crippen LogP contribution in [0.2, 0.25) is 0 Å². The average molecular weight is 374 g/mol. The van der Waals surface area contributed by atoms with Crippen LogP contribution in [-0.4, -0.2) is 35.9 Å². The highest BCUT2D eigenvalue weighted by molar-refractivity contribution is 5.91. The number of carbonyl (C=O) groups excluding carboxylic acids is 2. The lowest BCUT2D eigenvalue weighted by Crippen LogP contribution is -2.37. The molecule has 5 nitrogen and oxygen atoms in total. The molecular formula is C22H30O5. The number of ether oxygens (including phenoxy) is 3. The number of carbonyl (C=O) groups is 2. The number of hydrogen-bond donors (Lipinski definition) is 0. The van der Waals surface area contributed by atoms with Crippen LogP contribution in [0.1, 0.15) is 59.8 Å². The summed E-state index contributed by atoms with van der Waals surface area (Å²) >= 11 is 0. The molecule has 0 aromatic carbocycles. The van der Waals surface area contributed by atoms with Crippen LogP contribution in [0.5, 0.6) is 0 Å². The second-order valence-electron chi connectivity index (χ2n) is 8.27. The first-order chi connectivity index (χ1) is 12.7. The van der Waals surface area contributed by atoms with Gasteiger partial charge in [-0.05, 0) is 59.0 Å². The molecule has 2 fully saturated rings. The highest BCUT2D eigenvalue weighted by atomic mass is 16.6. The lowest BCUT2D eigenvalue weighted by atomic mass is 9.84. The Bertz CT molecular complexity index is 703. The van der Waals surface area contributed by atoms with Gasteiger partial charge in [-0.25, -0.2) is 4.79 Å². The van der Waals surface area contributed by atoms with Crippen molar-refractivity contribution >= 4 is 11.9 Å². The van der Waals surface area contributed by atoms with Crippen LogP contribution in [0.4, 0.5) is 0 Å². The summed E-state index contributed by atoms with van der Waals surface area (Å²) in [6, 6.07) is 0. The fraction of sp³-hybridized carbons (Fsp3) is 0.636. The molecule has 3 rings (SSSR count). The Labute approximate surface area is 161 Å². The van der Waals surface area contributed by atoms with Crippen molar-refractivity contribution in [3.8, 4) is 0 Å². The average Bonchev–Trinajstić information content (AvgIpc) is 3.18. The SMILES string of the molecule is C=C1C(=O)O[C@H]2/C=C(\C)CC/C=C(\C)CC[C@H]3O[C@]3(C)[C@H](OC(C)=O)C[C@@H]12. The van der Waals surface area contributed by atoms with Gasteiger partial charge in [0, 0.05) is 18.4 Å². The maximum absolute atomic E-state index is 12.1. The zero-order valence-electron chi connectivity index (χ0n) is 16.7. The topological polar surface area (TPSA) is 65.1 Å². The van der Waals surface area contributed by atoms with Gasteiger partial charge in [0.1, 0.15) is 17.8 Å². The van der Waals surface area contributed by atoms with Crippen LogP contribution in [0.3, 0.4) is 0 Å². The zero-order valence-corrected chi connectivity index (χ0v) is 16.7. The van der Waals surface area contributed by atoms with Gasteiger partial charge in [0.05, 0.1) is 6.10 Å². The Morgan fingerprint density at radius 2 is 2.04 bits per heavy atom. The van der Waals surface area contributed by atoms with Gasteiger partial charge in [0.15, 0.2) is 0 Å². The molecule has 0 aromatic heterocycles. The minimum absolute atomic E-state index is 0.0511. The van der Waals surface area contributed by atoms with Gasteiger partial charge in [-0.1, -0.05) is 23.8 Å². The predicted octanol–water partition coefficient (Wildman–Crippen LogP) is 4.03. The van der Waals surface area contributed by atoms with Crippen molar-refractivity contribution in [2.24, 2.45) is 5.92 Å². The molecule has 1 aliphatic carbocycles. The smallest absolute Gasteiger partial charge is 0.334 e. The third-order valence-corrected chi connectivity index (χ3v) is 6.02. The van der Waals surface area contributed by atoms with E-state index in [2.05, 4.69) is 26.5 Å². The molecule has 0 bridgehead atoms. The number of epoxide rings is 1. The second kappa shape index (κ2) is 7.63. The molecule has 0 amide bonds. The second-order valence-corrected chi connectivity index (χ2v) is 8.27. The maximum Gasteiger partial charge on any atom is 0.334 e. The van der Waals surface area contributed by atoms with E-state index in [9.17, 15) is 9.59 Å². The van der Waals surface area contributed by atoms with Gasteiger partial charge in [0.2, 0.25) is 0 Å². The molecule has 3 aliphatic rings. The van der Waals surface area contributed by atoms with Crippen molar-refractivity contribution in [1.29, 1.82) is 0 Å². The summed E-state index contributed by atoms with van der Waals surface area (Å²) < 4.78 is 17.2. The third kappa shape index (κ3) is 4.34. The summed E-state index contributed by atoms with van der Waals surface area (Å²) in [6.45, 7) is 11.5. The first kappa shape index (κ1) is 19.9. The largest absolute Gasteiger partial charge is 0.459 e. The molecule has 5 atom stereocenters. The third-order valence-electron chi connectivity index (χ3n) is 6.02. The molecular weight excluding hydrogens is 344 g/mol. The number of hydrogen-bond acceptors (Lipinski definition) is 5. The first-order valence-corrected chi connectivity index (χ1v) is 9.78. The van der Waals surface area contributed by atoms with E-state index in [4.69, 9.17) is 14.2 Å². The van der Waals surface area contributed by atoms with Crippen LogP contribution >= 0.6 is 0 Å².